The van der Waals surface area contributed by atoms with Crippen LogP contribution in [0.4, 0.5) is 0 Å². The molecule has 0 unspecified atom stereocenters. The first-order valence-electron chi connectivity index (χ1n) is 17.5. The summed E-state index contributed by atoms with van der Waals surface area (Å²) >= 11 is 0. The molecular formula is C48H33N3. The van der Waals surface area contributed by atoms with E-state index < -0.39 is 0 Å². The van der Waals surface area contributed by atoms with E-state index in [-0.39, 0.29) is 5.41 Å². The molecule has 3 nitrogen and oxygen atoms in total. The molecule has 9 aromatic rings. The molecule has 240 valence electrons. The Morgan fingerprint density at radius 3 is 1.88 bits per heavy atom. The molecule has 1 aliphatic rings. The summed E-state index contributed by atoms with van der Waals surface area (Å²) in [6.45, 7) is 4.69. The number of rotatable bonds is 4. The second kappa shape index (κ2) is 11.3. The van der Waals surface area contributed by atoms with Gasteiger partial charge < -0.3 is 0 Å². The fraction of sp³-hybridized carbons (Fsp3) is 0.0625. The maximum Gasteiger partial charge on any atom is 0.160 e. The smallest absolute Gasteiger partial charge is 0.160 e. The van der Waals surface area contributed by atoms with Crippen molar-refractivity contribution in [2.75, 3.05) is 0 Å². The van der Waals surface area contributed by atoms with Crippen molar-refractivity contribution < 1.29 is 0 Å². The van der Waals surface area contributed by atoms with E-state index in [2.05, 4.69) is 159 Å². The highest BCUT2D eigenvalue weighted by Gasteiger charge is 2.37. The van der Waals surface area contributed by atoms with Gasteiger partial charge in [0.1, 0.15) is 0 Å². The summed E-state index contributed by atoms with van der Waals surface area (Å²) < 4.78 is 0. The number of para-hydroxylation sites is 1. The minimum absolute atomic E-state index is 0.146. The molecule has 0 bridgehead atoms. The summed E-state index contributed by atoms with van der Waals surface area (Å²) in [5, 5.41) is 5.95. The van der Waals surface area contributed by atoms with Crippen LogP contribution in [0.25, 0.3) is 88.6 Å². The van der Waals surface area contributed by atoms with Crippen LogP contribution in [0.2, 0.25) is 0 Å². The summed E-state index contributed by atoms with van der Waals surface area (Å²) in [7, 11) is 0. The maximum atomic E-state index is 5.31. The largest absolute Gasteiger partial charge is 0.256 e. The Labute approximate surface area is 297 Å². The van der Waals surface area contributed by atoms with Crippen molar-refractivity contribution in [1.82, 2.24) is 15.0 Å². The third-order valence-corrected chi connectivity index (χ3v) is 10.7. The van der Waals surface area contributed by atoms with E-state index in [0.29, 0.717) is 5.82 Å². The molecule has 0 radical (unpaired) electrons. The summed E-state index contributed by atoms with van der Waals surface area (Å²) in [6, 6.07) is 56.2. The lowest BCUT2D eigenvalue weighted by atomic mass is 9.81. The lowest BCUT2D eigenvalue weighted by molar-refractivity contribution is 0.661. The summed E-state index contributed by atoms with van der Waals surface area (Å²) in [4.78, 5) is 15.4. The monoisotopic (exact) mass is 651 g/mol. The molecule has 2 aromatic heterocycles. The summed E-state index contributed by atoms with van der Waals surface area (Å²) in [5.41, 5.74) is 13.3. The van der Waals surface area contributed by atoms with Crippen LogP contribution in [-0.4, -0.2) is 15.0 Å². The Hall–Kier alpha value is -6.45. The third-order valence-electron chi connectivity index (χ3n) is 10.7. The Kier molecular flexibility index (Phi) is 6.53. The number of hydrogen-bond acceptors (Lipinski definition) is 3. The Morgan fingerprint density at radius 1 is 0.431 bits per heavy atom. The van der Waals surface area contributed by atoms with Crippen molar-refractivity contribution in [3.63, 3.8) is 0 Å². The molecule has 1 aliphatic carbocycles. The van der Waals surface area contributed by atoms with Crippen molar-refractivity contribution in [2.45, 2.75) is 19.3 Å². The van der Waals surface area contributed by atoms with Crippen molar-refractivity contribution in [3.8, 4) is 56.2 Å². The Morgan fingerprint density at radius 2 is 1.08 bits per heavy atom. The SMILES string of the molecule is CC1(C)c2cc3ccccc3cc2-c2c(-c3cc(-c4ccc(-c5cnc6ccccc6c5)c5ccccc45)nc(-c4ccccc4)n3)cccc21. The average molecular weight is 652 g/mol. The van der Waals surface area contributed by atoms with Crippen LogP contribution in [0.3, 0.4) is 0 Å². The molecule has 10 rings (SSSR count). The van der Waals surface area contributed by atoms with E-state index in [1.54, 1.807) is 0 Å². The summed E-state index contributed by atoms with van der Waals surface area (Å²) in [5.74, 6) is 0.712. The van der Waals surface area contributed by atoms with Crippen molar-refractivity contribution in [2.24, 2.45) is 0 Å². The van der Waals surface area contributed by atoms with Gasteiger partial charge in [0.15, 0.2) is 5.82 Å². The second-order valence-corrected chi connectivity index (χ2v) is 14.0. The van der Waals surface area contributed by atoms with Gasteiger partial charge in [0.2, 0.25) is 0 Å². The predicted molar refractivity (Wildman–Crippen MR) is 212 cm³/mol. The Balaban J connectivity index is 1.20. The minimum atomic E-state index is -0.146. The molecule has 2 heterocycles. The molecule has 0 atom stereocenters. The van der Waals surface area contributed by atoms with E-state index in [9.17, 15) is 0 Å². The van der Waals surface area contributed by atoms with Gasteiger partial charge in [-0.1, -0.05) is 141 Å². The first-order chi connectivity index (χ1) is 25.0. The molecule has 0 saturated heterocycles. The van der Waals surface area contributed by atoms with Crippen molar-refractivity contribution in [3.05, 3.63) is 175 Å². The second-order valence-electron chi connectivity index (χ2n) is 14.0. The highest BCUT2D eigenvalue weighted by atomic mass is 14.9. The van der Waals surface area contributed by atoms with Gasteiger partial charge in [-0.25, -0.2) is 9.97 Å². The lowest BCUT2D eigenvalue weighted by Gasteiger charge is -2.22. The number of benzene rings is 7. The zero-order valence-electron chi connectivity index (χ0n) is 28.4. The van der Waals surface area contributed by atoms with E-state index in [4.69, 9.17) is 15.0 Å². The number of nitrogens with zero attached hydrogens (tertiary/aromatic N) is 3. The topological polar surface area (TPSA) is 38.7 Å². The van der Waals surface area contributed by atoms with Gasteiger partial charge in [-0.15, -0.1) is 0 Å². The average Bonchev–Trinajstić information content (AvgIpc) is 3.41. The highest BCUT2D eigenvalue weighted by Crippen LogP contribution is 2.53. The van der Waals surface area contributed by atoms with Gasteiger partial charge in [0.25, 0.3) is 0 Å². The molecule has 0 spiro atoms. The zero-order valence-corrected chi connectivity index (χ0v) is 28.4. The van der Waals surface area contributed by atoms with Crippen LogP contribution in [0.15, 0.2) is 164 Å². The zero-order chi connectivity index (χ0) is 34.1. The summed E-state index contributed by atoms with van der Waals surface area (Å²) in [6.07, 6.45) is 1.98. The molecule has 0 N–H and O–H groups in total. The van der Waals surface area contributed by atoms with Gasteiger partial charge >= 0.3 is 0 Å². The molecule has 0 aliphatic heterocycles. The highest BCUT2D eigenvalue weighted by molar-refractivity contribution is 6.06. The van der Waals surface area contributed by atoms with E-state index >= 15 is 0 Å². The fourth-order valence-corrected chi connectivity index (χ4v) is 8.12. The van der Waals surface area contributed by atoms with Crippen molar-refractivity contribution >= 4 is 32.4 Å². The van der Waals surface area contributed by atoms with Gasteiger partial charge in [0.05, 0.1) is 16.9 Å². The van der Waals surface area contributed by atoms with Crippen LogP contribution >= 0.6 is 0 Å². The maximum absolute atomic E-state index is 5.31. The molecular weight excluding hydrogens is 619 g/mol. The van der Waals surface area contributed by atoms with Crippen LogP contribution in [-0.2, 0) is 5.41 Å². The third kappa shape index (κ3) is 4.69. The van der Waals surface area contributed by atoms with Gasteiger partial charge in [0, 0.05) is 39.3 Å². The molecule has 51 heavy (non-hydrogen) atoms. The standard InChI is InChI=1S/C48H33N3/c1-48(2)41-21-12-20-39(46(41)40-26-31-15-6-7-16-32(31)27-42(40)48)45-28-44(50-47(51-45)30-13-4-3-5-14-30)38-24-23-35(36-18-9-10-19-37(36)38)34-25-33-17-8-11-22-43(33)49-29-34/h3-29H,1-2H3. The number of fused-ring (bicyclic) bond motifs is 6. The molecule has 7 aromatic carbocycles. The predicted octanol–water partition coefficient (Wildman–Crippen LogP) is 12.3. The fourth-order valence-electron chi connectivity index (χ4n) is 8.12. The first-order valence-corrected chi connectivity index (χ1v) is 17.5. The lowest BCUT2D eigenvalue weighted by Crippen LogP contribution is -2.14. The normalized spacial score (nSPS) is 13.1. The quantitative estimate of drug-likeness (QED) is 0.190. The molecule has 0 amide bonds. The van der Waals surface area contributed by atoms with Gasteiger partial charge in [-0.05, 0) is 79.7 Å². The molecule has 0 saturated carbocycles. The number of pyridine rings is 1. The van der Waals surface area contributed by atoms with Crippen LogP contribution < -0.4 is 0 Å². The molecule has 3 heteroatoms. The van der Waals surface area contributed by atoms with Gasteiger partial charge in [-0.2, -0.15) is 0 Å². The number of hydrogen-bond donors (Lipinski definition) is 0. The number of aromatic nitrogens is 3. The van der Waals surface area contributed by atoms with Crippen molar-refractivity contribution in [1.29, 1.82) is 0 Å². The molecule has 0 fully saturated rings. The van der Waals surface area contributed by atoms with E-state index in [1.165, 1.54) is 33.0 Å². The Bertz CT molecular complexity index is 2830. The van der Waals surface area contributed by atoms with Crippen LogP contribution in [0, 0.1) is 0 Å². The van der Waals surface area contributed by atoms with E-state index in [0.717, 1.165) is 60.9 Å². The first kappa shape index (κ1) is 29.5. The van der Waals surface area contributed by atoms with E-state index in [1.807, 2.05) is 18.3 Å². The minimum Gasteiger partial charge on any atom is -0.256 e. The van der Waals surface area contributed by atoms with Gasteiger partial charge in [-0.3, -0.25) is 4.98 Å². The van der Waals surface area contributed by atoms with Crippen LogP contribution in [0.5, 0.6) is 0 Å². The van der Waals surface area contributed by atoms with Crippen LogP contribution in [0.1, 0.15) is 25.0 Å².